The molecule has 0 aliphatic heterocycles. The second kappa shape index (κ2) is 7.77. The number of nitrogens with zero attached hydrogens (tertiary/aromatic N) is 8. The third kappa shape index (κ3) is 4.36. The van der Waals surface area contributed by atoms with E-state index in [0.717, 1.165) is 16.6 Å². The molecule has 0 aliphatic rings. The van der Waals surface area contributed by atoms with E-state index < -0.39 is 5.60 Å². The molecule has 158 valence electrons. The summed E-state index contributed by atoms with van der Waals surface area (Å²) < 4.78 is 3.25. The van der Waals surface area contributed by atoms with Gasteiger partial charge in [-0.15, -0.1) is 5.10 Å². The highest BCUT2D eigenvalue weighted by Gasteiger charge is 2.18. The average molecular weight is 417 g/mol. The number of hydrogen-bond acceptors (Lipinski definition) is 8. The molecule has 0 unspecified atom stereocenters. The molecule has 10 nitrogen and oxygen atoms in total. The Morgan fingerprint density at radius 3 is 2.71 bits per heavy atom. The molecule has 4 heterocycles. The van der Waals surface area contributed by atoms with Crippen LogP contribution in [-0.4, -0.2) is 51.5 Å². The molecule has 0 fully saturated rings. The summed E-state index contributed by atoms with van der Waals surface area (Å²) >= 11 is 0. The molecule has 2 N–H and O–H groups in total. The van der Waals surface area contributed by atoms with Crippen molar-refractivity contribution in [2.75, 3.05) is 5.32 Å². The van der Waals surface area contributed by atoms with Gasteiger partial charge in [0.2, 0.25) is 0 Å². The average Bonchev–Trinajstić information content (AvgIpc) is 3.32. The summed E-state index contributed by atoms with van der Waals surface area (Å²) in [4.78, 5) is 8.94. The van der Waals surface area contributed by atoms with E-state index in [-0.39, 0.29) is 6.04 Å². The lowest BCUT2D eigenvalue weighted by molar-refractivity contribution is 0.0571. The number of nitrogens with one attached hydrogen (secondary N) is 1. The molecule has 0 aliphatic carbocycles. The highest BCUT2D eigenvalue weighted by Crippen LogP contribution is 2.29. The van der Waals surface area contributed by atoms with Gasteiger partial charge in [-0.3, -0.25) is 0 Å². The lowest BCUT2D eigenvalue weighted by Gasteiger charge is -2.16. The van der Waals surface area contributed by atoms with Crippen molar-refractivity contribution in [3.05, 3.63) is 42.5 Å². The SMILES string of the molecule is CC(C)Nc1cc(-n2ncc3cc(C#N)cnc32)ncc1-c1cn(CC(C)(C)O)nn1. The van der Waals surface area contributed by atoms with Gasteiger partial charge in [-0.1, -0.05) is 5.21 Å². The number of rotatable bonds is 6. The van der Waals surface area contributed by atoms with Crippen LogP contribution in [0.15, 0.2) is 36.9 Å². The first-order valence-electron chi connectivity index (χ1n) is 9.87. The normalized spacial score (nSPS) is 11.8. The van der Waals surface area contributed by atoms with E-state index >= 15 is 0 Å². The van der Waals surface area contributed by atoms with E-state index in [1.165, 1.54) is 6.20 Å². The van der Waals surface area contributed by atoms with E-state index in [1.54, 1.807) is 47.9 Å². The third-order valence-corrected chi connectivity index (χ3v) is 4.45. The molecule has 0 aromatic carbocycles. The van der Waals surface area contributed by atoms with Gasteiger partial charge < -0.3 is 10.4 Å². The van der Waals surface area contributed by atoms with Gasteiger partial charge in [-0.2, -0.15) is 15.0 Å². The Hall–Kier alpha value is -3.84. The molecular weight excluding hydrogens is 394 g/mol. The number of hydrogen-bond donors (Lipinski definition) is 2. The Morgan fingerprint density at radius 1 is 1.19 bits per heavy atom. The summed E-state index contributed by atoms with van der Waals surface area (Å²) in [5.41, 5.74) is 2.46. The van der Waals surface area contributed by atoms with Crippen LogP contribution in [-0.2, 0) is 6.54 Å². The number of anilines is 1. The number of aromatic nitrogens is 7. The van der Waals surface area contributed by atoms with Crippen LogP contribution in [0.2, 0.25) is 0 Å². The molecule has 10 heteroatoms. The van der Waals surface area contributed by atoms with Crippen molar-refractivity contribution in [2.24, 2.45) is 0 Å². The minimum atomic E-state index is -0.897. The lowest BCUT2D eigenvalue weighted by Crippen LogP contribution is -2.26. The van der Waals surface area contributed by atoms with E-state index in [2.05, 4.69) is 36.8 Å². The number of pyridine rings is 2. The van der Waals surface area contributed by atoms with Crippen molar-refractivity contribution in [1.29, 1.82) is 5.26 Å². The largest absolute Gasteiger partial charge is 0.389 e. The summed E-state index contributed by atoms with van der Waals surface area (Å²) in [7, 11) is 0. The zero-order valence-corrected chi connectivity index (χ0v) is 17.8. The van der Waals surface area contributed by atoms with E-state index in [0.29, 0.717) is 29.3 Å². The van der Waals surface area contributed by atoms with Gasteiger partial charge >= 0.3 is 0 Å². The zero-order valence-electron chi connectivity index (χ0n) is 17.8. The first-order valence-corrected chi connectivity index (χ1v) is 9.87. The Bertz CT molecular complexity index is 1270. The Morgan fingerprint density at radius 2 is 2.00 bits per heavy atom. The van der Waals surface area contributed by atoms with Crippen LogP contribution in [0, 0.1) is 11.3 Å². The van der Waals surface area contributed by atoms with Crippen molar-refractivity contribution >= 4 is 16.7 Å². The Kier molecular flexibility index (Phi) is 5.12. The smallest absolute Gasteiger partial charge is 0.164 e. The van der Waals surface area contributed by atoms with E-state index in [4.69, 9.17) is 5.26 Å². The van der Waals surface area contributed by atoms with Crippen molar-refractivity contribution < 1.29 is 5.11 Å². The Balaban J connectivity index is 1.76. The van der Waals surface area contributed by atoms with Gasteiger partial charge in [0, 0.05) is 41.1 Å². The fraction of sp³-hybridized carbons (Fsp3) is 0.333. The van der Waals surface area contributed by atoms with E-state index in [1.807, 2.05) is 19.9 Å². The molecule has 0 saturated carbocycles. The number of fused-ring (bicyclic) bond motifs is 1. The highest BCUT2D eigenvalue weighted by atomic mass is 16.3. The van der Waals surface area contributed by atoms with Crippen LogP contribution in [0.4, 0.5) is 5.69 Å². The standard InChI is InChI=1S/C21H23N9O/c1-13(2)26-17-6-19(30-20-15(9-25-30)5-14(7-22)8-24-20)23-10-16(17)18-11-29(28-27-18)12-21(3,4)31/h5-6,8-11,13,31H,12H2,1-4H3,(H,23,26). The molecule has 4 aromatic heterocycles. The van der Waals surface area contributed by atoms with Crippen molar-refractivity contribution in [3.63, 3.8) is 0 Å². The fourth-order valence-electron chi connectivity index (χ4n) is 3.24. The molecule has 31 heavy (non-hydrogen) atoms. The first kappa shape index (κ1) is 20.4. The monoisotopic (exact) mass is 417 g/mol. The number of aliphatic hydroxyl groups is 1. The summed E-state index contributed by atoms with van der Waals surface area (Å²) in [5.74, 6) is 0.586. The topological polar surface area (TPSA) is 130 Å². The third-order valence-electron chi connectivity index (χ3n) is 4.45. The van der Waals surface area contributed by atoms with Crippen LogP contribution in [0.5, 0.6) is 0 Å². The van der Waals surface area contributed by atoms with Crippen LogP contribution in [0.25, 0.3) is 28.1 Å². The maximum atomic E-state index is 10.0. The molecule has 0 amide bonds. The van der Waals surface area contributed by atoms with Crippen molar-refractivity contribution in [1.82, 2.24) is 34.7 Å². The molecule has 0 radical (unpaired) electrons. The predicted molar refractivity (Wildman–Crippen MR) is 115 cm³/mol. The maximum Gasteiger partial charge on any atom is 0.164 e. The fourth-order valence-corrected chi connectivity index (χ4v) is 3.24. The number of nitriles is 1. The summed E-state index contributed by atoms with van der Waals surface area (Å²) in [5, 5.41) is 36.1. The maximum absolute atomic E-state index is 10.0. The van der Waals surface area contributed by atoms with Gasteiger partial charge in [0.15, 0.2) is 11.5 Å². The summed E-state index contributed by atoms with van der Waals surface area (Å²) in [6.07, 6.45) is 6.68. The van der Waals surface area contributed by atoms with Crippen LogP contribution < -0.4 is 5.32 Å². The molecule has 0 spiro atoms. The molecule has 0 atom stereocenters. The van der Waals surface area contributed by atoms with Gasteiger partial charge in [0.05, 0.1) is 30.1 Å². The second-order valence-electron chi connectivity index (χ2n) is 8.31. The minimum absolute atomic E-state index is 0.172. The van der Waals surface area contributed by atoms with E-state index in [9.17, 15) is 5.11 Å². The molecular formula is C21H23N9O. The quantitative estimate of drug-likeness (QED) is 0.489. The van der Waals surface area contributed by atoms with Crippen LogP contribution in [0.3, 0.4) is 0 Å². The second-order valence-corrected chi connectivity index (χ2v) is 8.31. The van der Waals surface area contributed by atoms with Crippen LogP contribution >= 0.6 is 0 Å². The van der Waals surface area contributed by atoms with Gasteiger partial charge in [0.25, 0.3) is 0 Å². The highest BCUT2D eigenvalue weighted by molar-refractivity contribution is 5.79. The van der Waals surface area contributed by atoms with Gasteiger partial charge in [-0.05, 0) is 33.8 Å². The molecule has 4 rings (SSSR count). The van der Waals surface area contributed by atoms with Crippen molar-refractivity contribution in [3.8, 4) is 23.1 Å². The van der Waals surface area contributed by atoms with Gasteiger partial charge in [-0.25, -0.2) is 14.6 Å². The van der Waals surface area contributed by atoms with Gasteiger partial charge in [0.1, 0.15) is 11.8 Å². The minimum Gasteiger partial charge on any atom is -0.389 e. The summed E-state index contributed by atoms with van der Waals surface area (Å²) in [6, 6.07) is 5.89. The molecule has 0 saturated heterocycles. The van der Waals surface area contributed by atoms with Crippen molar-refractivity contribution in [2.45, 2.75) is 45.9 Å². The first-order chi connectivity index (χ1) is 14.7. The predicted octanol–water partition coefficient (Wildman–Crippen LogP) is 2.54. The Labute approximate surface area is 179 Å². The lowest BCUT2D eigenvalue weighted by atomic mass is 10.1. The molecule has 4 aromatic rings. The zero-order chi connectivity index (χ0) is 22.2. The van der Waals surface area contributed by atoms with Crippen LogP contribution in [0.1, 0.15) is 33.3 Å². The molecule has 0 bridgehead atoms. The summed E-state index contributed by atoms with van der Waals surface area (Å²) in [6.45, 7) is 7.86.